The SMILES string of the molecule is CCOC(=O)CN(Cc1ccc(C(F)(F)F)cc1)C(=O)c1cc(=O)c2ccccc2o1. The van der Waals surface area contributed by atoms with Gasteiger partial charge in [-0.15, -0.1) is 0 Å². The van der Waals surface area contributed by atoms with Crippen LogP contribution in [0.4, 0.5) is 13.2 Å². The van der Waals surface area contributed by atoms with Gasteiger partial charge in [-0.2, -0.15) is 13.2 Å². The van der Waals surface area contributed by atoms with Crippen molar-refractivity contribution < 1.29 is 31.9 Å². The van der Waals surface area contributed by atoms with Gasteiger partial charge in [0.1, 0.15) is 12.1 Å². The molecule has 0 fully saturated rings. The number of fused-ring (bicyclic) bond motifs is 1. The molecule has 1 amide bonds. The smallest absolute Gasteiger partial charge is 0.416 e. The molecule has 3 aromatic rings. The second-order valence-electron chi connectivity index (χ2n) is 6.63. The number of nitrogens with zero attached hydrogens (tertiary/aromatic N) is 1. The average molecular weight is 433 g/mol. The highest BCUT2D eigenvalue weighted by Gasteiger charge is 2.30. The first-order valence-electron chi connectivity index (χ1n) is 9.33. The van der Waals surface area contributed by atoms with E-state index in [9.17, 15) is 27.6 Å². The Morgan fingerprint density at radius 3 is 2.39 bits per heavy atom. The van der Waals surface area contributed by atoms with Crippen LogP contribution in [0.1, 0.15) is 28.6 Å². The van der Waals surface area contributed by atoms with Gasteiger partial charge in [-0.1, -0.05) is 24.3 Å². The van der Waals surface area contributed by atoms with Crippen molar-refractivity contribution in [1.82, 2.24) is 4.90 Å². The number of para-hydroxylation sites is 1. The van der Waals surface area contributed by atoms with E-state index in [0.717, 1.165) is 23.1 Å². The summed E-state index contributed by atoms with van der Waals surface area (Å²) in [5.41, 5.74) is -0.714. The summed E-state index contributed by atoms with van der Waals surface area (Å²) in [6.45, 7) is 1.03. The number of hydrogen-bond donors (Lipinski definition) is 0. The topological polar surface area (TPSA) is 76.8 Å². The number of rotatable bonds is 6. The fourth-order valence-electron chi connectivity index (χ4n) is 2.95. The number of carbonyl (C=O) groups excluding carboxylic acids is 2. The minimum Gasteiger partial charge on any atom is -0.465 e. The van der Waals surface area contributed by atoms with Gasteiger partial charge in [0.15, 0.2) is 11.2 Å². The summed E-state index contributed by atoms with van der Waals surface area (Å²) in [5.74, 6) is -1.76. The molecule has 0 spiro atoms. The first-order chi connectivity index (χ1) is 14.7. The number of benzene rings is 2. The second kappa shape index (κ2) is 9.03. The van der Waals surface area contributed by atoms with Crippen molar-refractivity contribution >= 4 is 22.8 Å². The van der Waals surface area contributed by atoms with Crippen LogP contribution in [0.25, 0.3) is 11.0 Å². The Labute approximate surface area is 174 Å². The molecule has 0 aliphatic rings. The lowest BCUT2D eigenvalue weighted by Crippen LogP contribution is -2.36. The van der Waals surface area contributed by atoms with Gasteiger partial charge in [0.25, 0.3) is 5.91 Å². The van der Waals surface area contributed by atoms with Gasteiger partial charge in [-0.3, -0.25) is 14.4 Å². The van der Waals surface area contributed by atoms with E-state index < -0.39 is 35.6 Å². The maximum atomic E-state index is 13.0. The molecule has 0 saturated heterocycles. The van der Waals surface area contributed by atoms with Crippen molar-refractivity contribution in [2.24, 2.45) is 0 Å². The zero-order valence-electron chi connectivity index (χ0n) is 16.4. The molecule has 31 heavy (non-hydrogen) atoms. The number of alkyl halides is 3. The minimum absolute atomic E-state index is 0.0895. The van der Waals surface area contributed by atoms with Crippen LogP contribution >= 0.6 is 0 Å². The van der Waals surface area contributed by atoms with Gasteiger partial charge in [0.2, 0.25) is 0 Å². The Hall–Kier alpha value is -3.62. The van der Waals surface area contributed by atoms with Crippen molar-refractivity contribution in [3.05, 3.63) is 81.7 Å². The molecule has 0 aliphatic heterocycles. The maximum Gasteiger partial charge on any atom is 0.416 e. The molecular formula is C22H18F3NO5. The first-order valence-corrected chi connectivity index (χ1v) is 9.33. The zero-order chi connectivity index (χ0) is 22.6. The molecule has 0 N–H and O–H groups in total. The Morgan fingerprint density at radius 2 is 1.74 bits per heavy atom. The van der Waals surface area contributed by atoms with E-state index in [1.54, 1.807) is 25.1 Å². The lowest BCUT2D eigenvalue weighted by Gasteiger charge is -2.21. The molecule has 1 aromatic heterocycles. The number of ether oxygens (including phenoxy) is 1. The van der Waals surface area contributed by atoms with Gasteiger partial charge < -0.3 is 14.1 Å². The molecule has 6 nitrogen and oxygen atoms in total. The summed E-state index contributed by atoms with van der Waals surface area (Å²) >= 11 is 0. The number of amides is 1. The Bertz CT molecular complexity index is 1150. The highest BCUT2D eigenvalue weighted by molar-refractivity contribution is 5.95. The fourth-order valence-corrected chi connectivity index (χ4v) is 2.95. The molecule has 0 atom stereocenters. The van der Waals surface area contributed by atoms with Crippen LogP contribution < -0.4 is 5.43 Å². The number of carbonyl (C=O) groups is 2. The molecule has 1 heterocycles. The molecule has 0 unspecified atom stereocenters. The van der Waals surface area contributed by atoms with Crippen molar-refractivity contribution in [3.63, 3.8) is 0 Å². The summed E-state index contributed by atoms with van der Waals surface area (Å²) in [6.07, 6.45) is -4.49. The van der Waals surface area contributed by atoms with E-state index in [1.165, 1.54) is 18.2 Å². The third kappa shape index (κ3) is 5.30. The Kier molecular flexibility index (Phi) is 6.43. The predicted molar refractivity (Wildman–Crippen MR) is 105 cm³/mol. The van der Waals surface area contributed by atoms with Crippen LogP contribution in [0.2, 0.25) is 0 Å². The standard InChI is InChI=1S/C22H18F3NO5/c1-2-30-20(28)13-26(12-14-7-9-15(10-8-14)22(23,24)25)21(29)19-11-17(27)16-5-3-4-6-18(16)31-19/h3-11H,2,12-13H2,1H3. The fraction of sp³-hybridized carbons (Fsp3) is 0.227. The third-order valence-corrected chi connectivity index (χ3v) is 4.41. The summed E-state index contributed by atoms with van der Waals surface area (Å²) in [4.78, 5) is 38.4. The van der Waals surface area contributed by atoms with E-state index in [2.05, 4.69) is 0 Å². The molecule has 2 aromatic carbocycles. The highest BCUT2D eigenvalue weighted by Crippen LogP contribution is 2.29. The van der Waals surface area contributed by atoms with Crippen LogP contribution in [-0.4, -0.2) is 29.9 Å². The summed E-state index contributed by atoms with van der Waals surface area (Å²) < 4.78 is 48.8. The molecule has 0 bridgehead atoms. The molecule has 0 radical (unpaired) electrons. The lowest BCUT2D eigenvalue weighted by molar-refractivity contribution is -0.144. The van der Waals surface area contributed by atoms with Crippen LogP contribution in [0, 0.1) is 0 Å². The van der Waals surface area contributed by atoms with Crippen LogP contribution in [0.15, 0.2) is 63.8 Å². The van der Waals surface area contributed by atoms with Crippen molar-refractivity contribution in [3.8, 4) is 0 Å². The van der Waals surface area contributed by atoms with Crippen molar-refractivity contribution in [1.29, 1.82) is 0 Å². The molecule has 3 rings (SSSR count). The number of halogens is 3. The quantitative estimate of drug-likeness (QED) is 0.549. The molecule has 0 aliphatic carbocycles. The summed E-state index contributed by atoms with van der Waals surface area (Å²) in [5, 5.41) is 0.290. The van der Waals surface area contributed by atoms with E-state index in [4.69, 9.17) is 9.15 Å². The van der Waals surface area contributed by atoms with Gasteiger partial charge in [0.05, 0.1) is 17.6 Å². The maximum absolute atomic E-state index is 13.0. The Balaban J connectivity index is 1.92. The third-order valence-electron chi connectivity index (χ3n) is 4.41. The van der Waals surface area contributed by atoms with E-state index in [0.29, 0.717) is 10.9 Å². The van der Waals surface area contributed by atoms with Crippen LogP contribution in [0.5, 0.6) is 0 Å². The summed E-state index contributed by atoms with van der Waals surface area (Å²) in [6, 6.07) is 11.6. The van der Waals surface area contributed by atoms with Crippen LogP contribution in [0.3, 0.4) is 0 Å². The van der Waals surface area contributed by atoms with E-state index in [1.807, 2.05) is 0 Å². The van der Waals surface area contributed by atoms with Gasteiger partial charge in [-0.05, 0) is 36.8 Å². The average Bonchev–Trinajstić information content (AvgIpc) is 2.72. The van der Waals surface area contributed by atoms with E-state index >= 15 is 0 Å². The lowest BCUT2D eigenvalue weighted by atomic mass is 10.1. The first kappa shape index (κ1) is 22.1. The van der Waals surface area contributed by atoms with E-state index in [-0.39, 0.29) is 24.5 Å². The number of esters is 1. The largest absolute Gasteiger partial charge is 0.465 e. The number of hydrogen-bond acceptors (Lipinski definition) is 5. The Morgan fingerprint density at radius 1 is 1.06 bits per heavy atom. The zero-order valence-corrected chi connectivity index (χ0v) is 16.4. The highest BCUT2D eigenvalue weighted by atomic mass is 19.4. The second-order valence-corrected chi connectivity index (χ2v) is 6.63. The summed E-state index contributed by atoms with van der Waals surface area (Å²) in [7, 11) is 0. The molecule has 162 valence electrons. The predicted octanol–water partition coefficient (Wildman–Crippen LogP) is 4.02. The van der Waals surface area contributed by atoms with Crippen molar-refractivity contribution in [2.75, 3.05) is 13.2 Å². The van der Waals surface area contributed by atoms with Gasteiger partial charge in [-0.25, -0.2) is 0 Å². The normalized spacial score (nSPS) is 11.4. The monoisotopic (exact) mass is 433 g/mol. The van der Waals surface area contributed by atoms with Gasteiger partial charge >= 0.3 is 12.1 Å². The van der Waals surface area contributed by atoms with Crippen molar-refractivity contribution in [2.45, 2.75) is 19.6 Å². The molecule has 0 saturated carbocycles. The molecule has 9 heteroatoms. The molecular weight excluding hydrogens is 415 g/mol. The minimum atomic E-state index is -4.49. The van der Waals surface area contributed by atoms with Crippen LogP contribution in [-0.2, 0) is 22.3 Å². The van der Waals surface area contributed by atoms with Gasteiger partial charge in [0, 0.05) is 12.6 Å².